The van der Waals surface area contributed by atoms with Gasteiger partial charge in [0.15, 0.2) is 11.7 Å². The quantitative estimate of drug-likeness (QED) is 0.0503. The maximum Gasteiger partial charge on any atom is 0.243 e. The number of nitrogens with two attached hydrogens (primary N) is 2. The monoisotopic (exact) mass is 724 g/mol. The van der Waals surface area contributed by atoms with Crippen molar-refractivity contribution in [3.8, 4) is 11.5 Å². The minimum atomic E-state index is -1.22. The van der Waals surface area contributed by atoms with Gasteiger partial charge in [-0.05, 0) is 80.8 Å². The molecular weight excluding hydrogens is 672 g/mol. The molecule has 16 nitrogen and oxygen atoms in total. The SMILES string of the molecule is CC(=O)NC(CC(C)C)C(=O)NC(Cc1ccc(O)cc1)C(=O)NC(CCCN=C(N)N)C(=O)NC(C)C(=O)NC(Cc1ccc(O)cc1)C(C)=O. The Labute approximate surface area is 303 Å². The molecule has 0 saturated heterocycles. The van der Waals surface area contributed by atoms with E-state index in [0.717, 1.165) is 0 Å². The normalized spacial score (nSPS) is 13.7. The number of Topliss-reactive ketones (excluding diaryl/α,β-unsaturated/α-hetero) is 1. The second-order valence-corrected chi connectivity index (χ2v) is 13.1. The summed E-state index contributed by atoms with van der Waals surface area (Å²) in [4.78, 5) is 82.2. The molecule has 11 N–H and O–H groups in total. The van der Waals surface area contributed by atoms with Crippen LogP contribution in [0.25, 0.3) is 0 Å². The van der Waals surface area contributed by atoms with Gasteiger partial charge in [-0.1, -0.05) is 38.1 Å². The zero-order valence-corrected chi connectivity index (χ0v) is 30.3. The van der Waals surface area contributed by atoms with Crippen molar-refractivity contribution in [3.05, 3.63) is 59.7 Å². The van der Waals surface area contributed by atoms with Crippen molar-refractivity contribution in [2.75, 3.05) is 6.54 Å². The molecule has 0 fully saturated rings. The predicted molar refractivity (Wildman–Crippen MR) is 195 cm³/mol. The Balaban J connectivity index is 2.29. The van der Waals surface area contributed by atoms with E-state index in [-0.39, 0.29) is 61.4 Å². The largest absolute Gasteiger partial charge is 0.508 e. The Hall–Kier alpha value is -5.67. The van der Waals surface area contributed by atoms with Crippen molar-refractivity contribution < 1.29 is 39.0 Å². The number of amides is 5. The highest BCUT2D eigenvalue weighted by molar-refractivity contribution is 5.96. The van der Waals surface area contributed by atoms with Gasteiger partial charge in [0, 0.05) is 19.9 Å². The van der Waals surface area contributed by atoms with Gasteiger partial charge in [0.05, 0.1) is 6.04 Å². The fourth-order valence-corrected chi connectivity index (χ4v) is 5.18. The van der Waals surface area contributed by atoms with E-state index in [0.29, 0.717) is 17.5 Å². The molecule has 0 aliphatic heterocycles. The molecule has 0 aliphatic carbocycles. The molecule has 5 unspecified atom stereocenters. The van der Waals surface area contributed by atoms with Crippen LogP contribution in [-0.4, -0.2) is 88.2 Å². The number of phenolic OH excluding ortho intramolecular Hbond substituents is 2. The topological polar surface area (TPSA) is 267 Å². The Morgan fingerprint density at radius 1 is 0.635 bits per heavy atom. The number of hydrogen-bond acceptors (Lipinski definition) is 9. The molecular formula is C36H52N8O8. The molecule has 0 aliphatic rings. The van der Waals surface area contributed by atoms with E-state index in [1.807, 2.05) is 13.8 Å². The van der Waals surface area contributed by atoms with Crippen molar-refractivity contribution in [1.82, 2.24) is 26.6 Å². The molecule has 2 aromatic rings. The Morgan fingerprint density at radius 3 is 1.58 bits per heavy atom. The lowest BCUT2D eigenvalue weighted by atomic mass is 10.0. The third kappa shape index (κ3) is 15.5. The standard InChI is InChI=1S/C36H52N8O8/c1-20(2)17-30(41-23(5)46)34(51)44-31(19-25-10-14-27(48)15-11-25)35(52)42-28(7-6-16-39-36(37)38)33(50)40-21(3)32(49)43-29(22(4)45)18-24-8-12-26(47)13-9-24/h8-15,20-21,28-31,47-48H,6-7,16-19H2,1-5H3,(H,40,50)(H,41,46)(H,42,52)(H,43,49)(H,44,51)(H4,37,38,39). The van der Waals surface area contributed by atoms with E-state index in [4.69, 9.17) is 11.5 Å². The number of carbonyl (C=O) groups is 6. The van der Waals surface area contributed by atoms with Crippen molar-refractivity contribution in [2.24, 2.45) is 22.4 Å². The van der Waals surface area contributed by atoms with Crippen LogP contribution in [-0.2, 0) is 41.6 Å². The Morgan fingerprint density at radius 2 is 1.10 bits per heavy atom. The first-order valence-corrected chi connectivity index (χ1v) is 17.0. The second kappa shape index (κ2) is 20.9. The predicted octanol–water partition coefficient (Wildman–Crippen LogP) is 0.0355. The van der Waals surface area contributed by atoms with Gasteiger partial charge < -0.3 is 48.3 Å². The number of rotatable bonds is 20. The molecule has 16 heteroatoms. The van der Waals surface area contributed by atoms with Crippen LogP contribution in [0, 0.1) is 5.92 Å². The van der Waals surface area contributed by atoms with Crippen molar-refractivity contribution in [1.29, 1.82) is 0 Å². The first kappa shape index (κ1) is 42.5. The summed E-state index contributed by atoms with van der Waals surface area (Å²) in [5.74, 6) is -3.51. The van der Waals surface area contributed by atoms with Crippen LogP contribution in [0.3, 0.4) is 0 Å². The summed E-state index contributed by atoms with van der Waals surface area (Å²) in [5.41, 5.74) is 12.2. The summed E-state index contributed by atoms with van der Waals surface area (Å²) in [6, 6.07) is 6.80. The average molecular weight is 725 g/mol. The first-order valence-electron chi connectivity index (χ1n) is 17.0. The summed E-state index contributed by atoms with van der Waals surface area (Å²) in [6.45, 7) is 7.93. The summed E-state index contributed by atoms with van der Waals surface area (Å²) >= 11 is 0. The Kier molecular flexibility index (Phi) is 17.1. The van der Waals surface area contributed by atoms with E-state index >= 15 is 0 Å². The van der Waals surface area contributed by atoms with Crippen molar-refractivity contribution in [2.45, 2.75) is 96.9 Å². The van der Waals surface area contributed by atoms with Gasteiger partial charge in [-0.15, -0.1) is 0 Å². The summed E-state index contributed by atoms with van der Waals surface area (Å²) in [6.07, 6.45) is 0.722. The number of nitrogens with one attached hydrogen (secondary N) is 5. The van der Waals surface area contributed by atoms with E-state index in [9.17, 15) is 39.0 Å². The Bertz CT molecular complexity index is 1560. The number of aliphatic imine (C=N–C) groups is 1. The van der Waals surface area contributed by atoms with Crippen LogP contribution >= 0.6 is 0 Å². The summed E-state index contributed by atoms with van der Waals surface area (Å²) in [7, 11) is 0. The molecule has 0 heterocycles. The maximum atomic E-state index is 13.9. The molecule has 2 aromatic carbocycles. The second-order valence-electron chi connectivity index (χ2n) is 13.1. The fraction of sp³-hybridized carbons (Fsp3) is 0.472. The highest BCUT2D eigenvalue weighted by atomic mass is 16.3. The minimum absolute atomic E-state index is 0.00193. The van der Waals surface area contributed by atoms with E-state index in [1.54, 1.807) is 24.3 Å². The molecule has 2 rings (SSSR count). The molecule has 5 amide bonds. The van der Waals surface area contributed by atoms with Crippen molar-refractivity contribution in [3.63, 3.8) is 0 Å². The highest BCUT2D eigenvalue weighted by Gasteiger charge is 2.31. The average Bonchev–Trinajstić information content (AvgIpc) is 3.06. The summed E-state index contributed by atoms with van der Waals surface area (Å²) in [5, 5.41) is 32.5. The number of hydrogen-bond donors (Lipinski definition) is 9. The summed E-state index contributed by atoms with van der Waals surface area (Å²) < 4.78 is 0. The van der Waals surface area contributed by atoms with Gasteiger partial charge in [0.2, 0.25) is 29.5 Å². The zero-order chi connectivity index (χ0) is 39.0. The number of nitrogens with zero attached hydrogens (tertiary/aromatic N) is 1. The molecule has 0 radical (unpaired) electrons. The van der Waals surface area contributed by atoms with Crippen LogP contribution < -0.4 is 38.1 Å². The van der Waals surface area contributed by atoms with Crippen LogP contribution in [0.15, 0.2) is 53.5 Å². The number of ketones is 1. The molecule has 284 valence electrons. The van der Waals surface area contributed by atoms with Gasteiger partial charge >= 0.3 is 0 Å². The van der Waals surface area contributed by atoms with Gasteiger partial charge in [-0.2, -0.15) is 0 Å². The van der Waals surface area contributed by atoms with Crippen LogP contribution in [0.1, 0.15) is 65.0 Å². The minimum Gasteiger partial charge on any atom is -0.508 e. The lowest BCUT2D eigenvalue weighted by molar-refractivity contribution is -0.134. The zero-order valence-electron chi connectivity index (χ0n) is 30.3. The van der Waals surface area contributed by atoms with Crippen LogP contribution in [0.2, 0.25) is 0 Å². The third-order valence-corrected chi connectivity index (χ3v) is 7.92. The smallest absolute Gasteiger partial charge is 0.243 e. The lowest BCUT2D eigenvalue weighted by Crippen LogP contribution is -2.59. The number of benzene rings is 2. The number of phenols is 2. The van der Waals surface area contributed by atoms with Crippen molar-refractivity contribution >= 4 is 41.3 Å². The molecule has 52 heavy (non-hydrogen) atoms. The van der Waals surface area contributed by atoms with Crippen LogP contribution in [0.4, 0.5) is 0 Å². The van der Waals surface area contributed by atoms with E-state index in [1.165, 1.54) is 45.0 Å². The highest BCUT2D eigenvalue weighted by Crippen LogP contribution is 2.14. The third-order valence-electron chi connectivity index (χ3n) is 7.92. The van der Waals surface area contributed by atoms with Crippen LogP contribution in [0.5, 0.6) is 11.5 Å². The number of carbonyl (C=O) groups excluding carboxylic acids is 6. The van der Waals surface area contributed by atoms with Gasteiger partial charge in [0.1, 0.15) is 35.7 Å². The van der Waals surface area contributed by atoms with Gasteiger partial charge in [0.25, 0.3) is 0 Å². The van der Waals surface area contributed by atoms with E-state index < -0.39 is 59.7 Å². The molecule has 0 bridgehead atoms. The lowest BCUT2D eigenvalue weighted by Gasteiger charge is -2.27. The molecule has 0 saturated carbocycles. The van der Waals surface area contributed by atoms with E-state index in [2.05, 4.69) is 31.6 Å². The maximum absolute atomic E-state index is 13.9. The first-order chi connectivity index (χ1) is 24.4. The molecule has 0 spiro atoms. The van der Waals surface area contributed by atoms with Gasteiger partial charge in [-0.25, -0.2) is 0 Å². The number of aromatic hydroxyl groups is 2. The number of guanidine groups is 1. The molecule has 0 aromatic heterocycles. The fourth-order valence-electron chi connectivity index (χ4n) is 5.18. The molecule has 5 atom stereocenters. The van der Waals surface area contributed by atoms with Gasteiger partial charge in [-0.3, -0.25) is 33.8 Å².